The normalized spacial score (nSPS) is 14.1. The lowest BCUT2D eigenvalue weighted by atomic mass is 9.90. The first-order chi connectivity index (χ1) is 8.68. The van der Waals surface area contributed by atoms with Gasteiger partial charge in [-0.25, -0.2) is 4.98 Å². The van der Waals surface area contributed by atoms with Gasteiger partial charge in [0, 0.05) is 17.8 Å². The molecule has 5 heteroatoms. The fourth-order valence-electron chi connectivity index (χ4n) is 1.94. The second-order valence-corrected chi connectivity index (χ2v) is 4.17. The van der Waals surface area contributed by atoms with Gasteiger partial charge in [0.1, 0.15) is 6.04 Å². The smallest absolute Gasteiger partial charge is 0.321 e. The molecule has 0 unspecified atom stereocenters. The van der Waals surface area contributed by atoms with E-state index >= 15 is 0 Å². The van der Waals surface area contributed by atoms with Crippen LogP contribution >= 0.6 is 0 Å². The van der Waals surface area contributed by atoms with E-state index < -0.39 is 12.0 Å². The van der Waals surface area contributed by atoms with Gasteiger partial charge in [0.2, 0.25) is 0 Å². The van der Waals surface area contributed by atoms with E-state index in [9.17, 15) is 4.79 Å². The number of aliphatic carboxylic acids is 1. The van der Waals surface area contributed by atoms with Crippen molar-refractivity contribution in [3.8, 4) is 0 Å². The van der Waals surface area contributed by atoms with Gasteiger partial charge in [-0.15, -0.1) is 0 Å². The van der Waals surface area contributed by atoms with Crippen molar-refractivity contribution in [3.05, 3.63) is 54.1 Å². The van der Waals surface area contributed by atoms with Crippen LogP contribution in [0.4, 0.5) is 0 Å². The Morgan fingerprint density at radius 1 is 1.39 bits per heavy atom. The van der Waals surface area contributed by atoms with Crippen LogP contribution in [0.2, 0.25) is 0 Å². The zero-order valence-electron chi connectivity index (χ0n) is 9.78. The number of hydrogen-bond donors (Lipinski definition) is 3. The summed E-state index contributed by atoms with van der Waals surface area (Å²) in [4.78, 5) is 17.9. The van der Waals surface area contributed by atoms with Crippen LogP contribution in [0.1, 0.15) is 17.2 Å². The number of H-pyrrole nitrogens is 1. The molecule has 0 aliphatic rings. The molecular weight excluding hydrogens is 230 g/mol. The maximum atomic E-state index is 11.1. The highest BCUT2D eigenvalue weighted by Crippen LogP contribution is 2.21. The SMILES string of the molecule is N[C@H](C(=O)O)[C@@H](Cc1ccccc1)c1cnc[nH]1. The van der Waals surface area contributed by atoms with E-state index in [-0.39, 0.29) is 5.92 Å². The number of benzene rings is 1. The maximum Gasteiger partial charge on any atom is 0.321 e. The van der Waals surface area contributed by atoms with Gasteiger partial charge in [0.05, 0.1) is 6.33 Å². The van der Waals surface area contributed by atoms with Crippen molar-refractivity contribution in [2.45, 2.75) is 18.4 Å². The minimum atomic E-state index is -1.01. The molecule has 0 saturated heterocycles. The molecule has 0 aliphatic heterocycles. The summed E-state index contributed by atoms with van der Waals surface area (Å²) >= 11 is 0. The third-order valence-corrected chi connectivity index (χ3v) is 2.94. The van der Waals surface area contributed by atoms with Crippen LogP contribution < -0.4 is 5.73 Å². The molecule has 0 aliphatic carbocycles. The Bertz CT molecular complexity index is 496. The van der Waals surface area contributed by atoms with Gasteiger partial charge in [-0.05, 0) is 12.0 Å². The number of aromatic amines is 1. The summed E-state index contributed by atoms with van der Waals surface area (Å²) in [6, 6.07) is 8.73. The largest absolute Gasteiger partial charge is 0.480 e. The third-order valence-electron chi connectivity index (χ3n) is 2.94. The molecule has 1 heterocycles. The fraction of sp³-hybridized carbons (Fsp3) is 0.231. The molecule has 0 fully saturated rings. The molecule has 18 heavy (non-hydrogen) atoms. The maximum absolute atomic E-state index is 11.1. The highest BCUT2D eigenvalue weighted by molar-refractivity contribution is 5.74. The molecule has 1 aromatic heterocycles. The Labute approximate surface area is 105 Å². The number of nitrogens with zero attached hydrogens (tertiary/aromatic N) is 1. The summed E-state index contributed by atoms with van der Waals surface area (Å²) in [5.41, 5.74) is 7.55. The summed E-state index contributed by atoms with van der Waals surface area (Å²) in [5.74, 6) is -1.32. The van der Waals surface area contributed by atoms with Crippen LogP contribution in [0.15, 0.2) is 42.9 Å². The lowest BCUT2D eigenvalue weighted by Gasteiger charge is -2.19. The first kappa shape index (κ1) is 12.3. The minimum Gasteiger partial charge on any atom is -0.480 e. The summed E-state index contributed by atoms with van der Waals surface area (Å²) in [7, 11) is 0. The lowest BCUT2D eigenvalue weighted by molar-refractivity contribution is -0.139. The minimum absolute atomic E-state index is 0.313. The molecule has 1 aromatic carbocycles. The molecule has 2 aromatic rings. The van der Waals surface area contributed by atoms with Gasteiger partial charge in [-0.1, -0.05) is 30.3 Å². The summed E-state index contributed by atoms with van der Waals surface area (Å²) in [6.45, 7) is 0. The molecule has 4 N–H and O–H groups in total. The molecule has 94 valence electrons. The number of imidazole rings is 1. The van der Waals surface area contributed by atoms with E-state index in [2.05, 4.69) is 9.97 Å². The first-order valence-electron chi connectivity index (χ1n) is 5.69. The Morgan fingerprint density at radius 2 is 2.11 bits per heavy atom. The Balaban J connectivity index is 2.23. The second kappa shape index (κ2) is 5.46. The monoisotopic (exact) mass is 245 g/mol. The number of nitrogens with one attached hydrogen (secondary N) is 1. The first-order valence-corrected chi connectivity index (χ1v) is 5.69. The van der Waals surface area contributed by atoms with E-state index in [1.165, 1.54) is 6.33 Å². The van der Waals surface area contributed by atoms with E-state index in [0.717, 1.165) is 11.3 Å². The molecule has 0 radical (unpaired) electrons. The Hall–Kier alpha value is -2.14. The molecule has 0 saturated carbocycles. The van der Waals surface area contributed by atoms with Crippen LogP contribution in [0.3, 0.4) is 0 Å². The summed E-state index contributed by atoms with van der Waals surface area (Å²) < 4.78 is 0. The molecule has 0 spiro atoms. The van der Waals surface area contributed by atoms with Gasteiger partial charge in [-0.3, -0.25) is 4.79 Å². The Morgan fingerprint density at radius 3 is 2.67 bits per heavy atom. The highest BCUT2D eigenvalue weighted by atomic mass is 16.4. The molecule has 2 atom stereocenters. The molecule has 2 rings (SSSR count). The van der Waals surface area contributed by atoms with Gasteiger partial charge in [-0.2, -0.15) is 0 Å². The van der Waals surface area contributed by atoms with E-state index in [4.69, 9.17) is 10.8 Å². The van der Waals surface area contributed by atoms with Crippen LogP contribution in [-0.2, 0) is 11.2 Å². The average Bonchev–Trinajstić information content (AvgIpc) is 2.90. The van der Waals surface area contributed by atoms with Crippen molar-refractivity contribution in [3.63, 3.8) is 0 Å². The molecule has 0 amide bonds. The second-order valence-electron chi connectivity index (χ2n) is 4.17. The van der Waals surface area contributed by atoms with Crippen molar-refractivity contribution in [2.24, 2.45) is 5.73 Å². The van der Waals surface area contributed by atoms with Crippen molar-refractivity contribution >= 4 is 5.97 Å². The topological polar surface area (TPSA) is 92.0 Å². The van der Waals surface area contributed by atoms with E-state index in [1.807, 2.05) is 30.3 Å². The summed E-state index contributed by atoms with van der Waals surface area (Å²) in [5, 5.41) is 9.07. The van der Waals surface area contributed by atoms with E-state index in [0.29, 0.717) is 6.42 Å². The number of rotatable bonds is 5. The van der Waals surface area contributed by atoms with Gasteiger partial charge in [0.15, 0.2) is 0 Å². The third kappa shape index (κ3) is 2.75. The average molecular weight is 245 g/mol. The lowest BCUT2D eigenvalue weighted by Crippen LogP contribution is -2.37. The zero-order valence-corrected chi connectivity index (χ0v) is 9.78. The van der Waals surface area contributed by atoms with E-state index in [1.54, 1.807) is 6.20 Å². The predicted octanol–water partition coefficient (Wildman–Crippen LogP) is 1.15. The molecule has 5 nitrogen and oxygen atoms in total. The number of nitrogens with two attached hydrogens (primary N) is 1. The van der Waals surface area contributed by atoms with Gasteiger partial charge in [0.25, 0.3) is 0 Å². The quantitative estimate of drug-likeness (QED) is 0.736. The predicted molar refractivity (Wildman–Crippen MR) is 67.1 cm³/mol. The van der Waals surface area contributed by atoms with Crippen LogP contribution in [0.5, 0.6) is 0 Å². The summed E-state index contributed by atoms with van der Waals surface area (Å²) in [6.07, 6.45) is 3.72. The van der Waals surface area contributed by atoms with Crippen molar-refractivity contribution in [1.29, 1.82) is 0 Å². The fourth-order valence-corrected chi connectivity index (χ4v) is 1.94. The number of carbonyl (C=O) groups is 1. The van der Waals surface area contributed by atoms with Gasteiger partial charge >= 0.3 is 5.97 Å². The van der Waals surface area contributed by atoms with Crippen LogP contribution in [-0.4, -0.2) is 27.1 Å². The number of aromatic nitrogens is 2. The Kier molecular flexibility index (Phi) is 3.74. The highest BCUT2D eigenvalue weighted by Gasteiger charge is 2.27. The van der Waals surface area contributed by atoms with Crippen LogP contribution in [0.25, 0.3) is 0 Å². The number of carboxylic acid groups (broad SMARTS) is 1. The molecule has 0 bridgehead atoms. The number of carboxylic acids is 1. The van der Waals surface area contributed by atoms with Crippen molar-refractivity contribution in [1.82, 2.24) is 9.97 Å². The van der Waals surface area contributed by atoms with Crippen molar-refractivity contribution < 1.29 is 9.90 Å². The van der Waals surface area contributed by atoms with Gasteiger partial charge < -0.3 is 15.8 Å². The number of hydrogen-bond acceptors (Lipinski definition) is 3. The zero-order chi connectivity index (χ0) is 13.0. The standard InChI is InChI=1S/C13H15N3O2/c14-12(13(17)18)10(11-7-15-8-16-11)6-9-4-2-1-3-5-9/h1-5,7-8,10,12H,6,14H2,(H,15,16)(H,17,18)/t10-,12-/m0/s1. The van der Waals surface area contributed by atoms with Crippen LogP contribution in [0, 0.1) is 0 Å². The molecular formula is C13H15N3O2. The van der Waals surface area contributed by atoms with Crippen molar-refractivity contribution in [2.75, 3.05) is 0 Å².